The van der Waals surface area contributed by atoms with Gasteiger partial charge in [-0.05, 0) is 25.7 Å². The third kappa shape index (κ3) is 3.06. The number of aromatic nitrogens is 2. The van der Waals surface area contributed by atoms with E-state index >= 15 is 0 Å². The van der Waals surface area contributed by atoms with E-state index in [1.165, 1.54) is 51.4 Å². The third-order valence-corrected chi connectivity index (χ3v) is 3.81. The fourth-order valence-electron chi connectivity index (χ4n) is 2.55. The molecule has 0 bridgehead atoms. The zero-order valence-electron chi connectivity index (χ0n) is 10.3. The fraction of sp³-hybridized carbons (Fsp3) is 0.846. The van der Waals surface area contributed by atoms with Crippen molar-refractivity contribution in [2.75, 3.05) is 0 Å². The second-order valence-corrected chi connectivity index (χ2v) is 5.38. The standard InChI is InChI=1S/C13H21N3O/c1-2-4-6-10(5-3-1)13-16-15-12(17-13)9-14-11-7-8-11/h10-11,14H,1-9H2. The number of nitrogens with one attached hydrogen (secondary N) is 1. The minimum absolute atomic E-state index is 0.514. The Bertz CT molecular complexity index is 351. The predicted molar refractivity (Wildman–Crippen MR) is 64.6 cm³/mol. The van der Waals surface area contributed by atoms with Crippen LogP contribution in [0.1, 0.15) is 69.1 Å². The molecule has 0 radical (unpaired) electrons. The van der Waals surface area contributed by atoms with E-state index in [0.29, 0.717) is 12.0 Å². The normalized spacial score (nSPS) is 22.6. The highest BCUT2D eigenvalue weighted by Crippen LogP contribution is 2.30. The summed E-state index contributed by atoms with van der Waals surface area (Å²) in [5, 5.41) is 11.8. The second-order valence-electron chi connectivity index (χ2n) is 5.38. The van der Waals surface area contributed by atoms with Gasteiger partial charge in [-0.25, -0.2) is 0 Å². The maximum absolute atomic E-state index is 5.77. The van der Waals surface area contributed by atoms with Gasteiger partial charge < -0.3 is 9.73 Å². The maximum atomic E-state index is 5.77. The van der Waals surface area contributed by atoms with Crippen molar-refractivity contribution < 1.29 is 4.42 Å². The topological polar surface area (TPSA) is 51.0 Å². The van der Waals surface area contributed by atoms with Crippen molar-refractivity contribution in [2.45, 2.75) is 69.9 Å². The highest BCUT2D eigenvalue weighted by atomic mass is 16.4. The van der Waals surface area contributed by atoms with Crippen LogP contribution in [0.5, 0.6) is 0 Å². The minimum Gasteiger partial charge on any atom is -0.424 e. The minimum atomic E-state index is 0.514. The largest absolute Gasteiger partial charge is 0.424 e. The van der Waals surface area contributed by atoms with Gasteiger partial charge in [0.05, 0.1) is 6.54 Å². The number of nitrogens with zero attached hydrogens (tertiary/aromatic N) is 2. The molecule has 4 heteroatoms. The second kappa shape index (κ2) is 5.17. The molecule has 1 aromatic heterocycles. The van der Waals surface area contributed by atoms with Gasteiger partial charge in [0.15, 0.2) is 0 Å². The van der Waals surface area contributed by atoms with E-state index in [0.717, 1.165) is 18.3 Å². The highest BCUT2D eigenvalue weighted by molar-refractivity contribution is 4.93. The first kappa shape index (κ1) is 11.2. The van der Waals surface area contributed by atoms with E-state index in [1.54, 1.807) is 0 Å². The summed E-state index contributed by atoms with van der Waals surface area (Å²) < 4.78 is 5.77. The Labute approximate surface area is 102 Å². The zero-order chi connectivity index (χ0) is 11.5. The molecule has 0 aromatic carbocycles. The quantitative estimate of drug-likeness (QED) is 0.815. The Morgan fingerprint density at radius 1 is 1.00 bits per heavy atom. The molecule has 2 saturated carbocycles. The Morgan fingerprint density at radius 2 is 1.76 bits per heavy atom. The monoisotopic (exact) mass is 235 g/mol. The van der Waals surface area contributed by atoms with Gasteiger partial charge in [0.25, 0.3) is 0 Å². The molecule has 2 fully saturated rings. The molecule has 0 aliphatic heterocycles. The van der Waals surface area contributed by atoms with Crippen LogP contribution in [0.25, 0.3) is 0 Å². The molecular weight excluding hydrogens is 214 g/mol. The first-order valence-electron chi connectivity index (χ1n) is 6.97. The van der Waals surface area contributed by atoms with E-state index in [4.69, 9.17) is 4.42 Å². The van der Waals surface area contributed by atoms with Crippen molar-refractivity contribution in [3.63, 3.8) is 0 Å². The van der Waals surface area contributed by atoms with Crippen LogP contribution in [-0.4, -0.2) is 16.2 Å². The molecule has 0 saturated heterocycles. The smallest absolute Gasteiger partial charge is 0.230 e. The summed E-state index contributed by atoms with van der Waals surface area (Å²) in [6.45, 7) is 0.740. The molecule has 4 nitrogen and oxygen atoms in total. The molecular formula is C13H21N3O. The summed E-state index contributed by atoms with van der Waals surface area (Å²) in [6.07, 6.45) is 10.4. The lowest BCUT2D eigenvalue weighted by molar-refractivity contribution is 0.386. The van der Waals surface area contributed by atoms with Crippen LogP contribution in [0.3, 0.4) is 0 Å². The fourth-order valence-corrected chi connectivity index (χ4v) is 2.55. The molecule has 1 heterocycles. The molecule has 94 valence electrons. The van der Waals surface area contributed by atoms with Gasteiger partial charge in [-0.1, -0.05) is 25.7 Å². The summed E-state index contributed by atoms with van der Waals surface area (Å²) in [6, 6.07) is 0.697. The highest BCUT2D eigenvalue weighted by Gasteiger charge is 2.23. The summed E-state index contributed by atoms with van der Waals surface area (Å²) >= 11 is 0. The number of hydrogen-bond donors (Lipinski definition) is 1. The summed E-state index contributed by atoms with van der Waals surface area (Å²) in [7, 11) is 0. The van der Waals surface area contributed by atoms with E-state index in [9.17, 15) is 0 Å². The van der Waals surface area contributed by atoms with Crippen molar-refractivity contribution in [2.24, 2.45) is 0 Å². The van der Waals surface area contributed by atoms with Gasteiger partial charge in [-0.15, -0.1) is 10.2 Å². The average Bonchev–Trinajstić information content (AvgIpc) is 3.12. The first-order chi connectivity index (χ1) is 8.42. The lowest BCUT2D eigenvalue weighted by Crippen LogP contribution is -2.15. The lowest BCUT2D eigenvalue weighted by atomic mass is 10.0. The lowest BCUT2D eigenvalue weighted by Gasteiger charge is -2.07. The first-order valence-corrected chi connectivity index (χ1v) is 6.97. The van der Waals surface area contributed by atoms with Crippen LogP contribution in [0.2, 0.25) is 0 Å². The molecule has 1 N–H and O–H groups in total. The molecule has 0 spiro atoms. The van der Waals surface area contributed by atoms with Crippen molar-refractivity contribution in [1.29, 1.82) is 0 Å². The van der Waals surface area contributed by atoms with Crippen LogP contribution >= 0.6 is 0 Å². The van der Waals surface area contributed by atoms with Crippen LogP contribution < -0.4 is 5.32 Å². The van der Waals surface area contributed by atoms with E-state index < -0.39 is 0 Å². The van der Waals surface area contributed by atoms with Gasteiger partial charge >= 0.3 is 0 Å². The molecule has 1 aromatic rings. The number of hydrogen-bond acceptors (Lipinski definition) is 4. The molecule has 2 aliphatic rings. The van der Waals surface area contributed by atoms with Crippen LogP contribution in [0.4, 0.5) is 0 Å². The van der Waals surface area contributed by atoms with Gasteiger partial charge in [0.2, 0.25) is 11.8 Å². The van der Waals surface area contributed by atoms with Crippen LogP contribution in [0.15, 0.2) is 4.42 Å². The molecule has 3 rings (SSSR count). The third-order valence-electron chi connectivity index (χ3n) is 3.81. The molecule has 2 aliphatic carbocycles. The van der Waals surface area contributed by atoms with E-state index in [-0.39, 0.29) is 0 Å². The SMILES string of the molecule is C1CCCC(c2nnc(CNC3CC3)o2)CC1. The van der Waals surface area contributed by atoms with Crippen LogP contribution in [0, 0.1) is 0 Å². The van der Waals surface area contributed by atoms with Gasteiger partial charge in [0.1, 0.15) is 0 Å². The Kier molecular flexibility index (Phi) is 3.41. The van der Waals surface area contributed by atoms with Crippen molar-refractivity contribution in [3.8, 4) is 0 Å². The van der Waals surface area contributed by atoms with Gasteiger partial charge in [-0.3, -0.25) is 0 Å². The summed E-state index contributed by atoms with van der Waals surface area (Å²) in [5.74, 6) is 2.15. The Balaban J connectivity index is 1.57. The Morgan fingerprint density at radius 3 is 2.47 bits per heavy atom. The predicted octanol–water partition coefficient (Wildman–Crippen LogP) is 2.76. The van der Waals surface area contributed by atoms with Crippen molar-refractivity contribution >= 4 is 0 Å². The Hall–Kier alpha value is -0.900. The van der Waals surface area contributed by atoms with Crippen molar-refractivity contribution in [1.82, 2.24) is 15.5 Å². The van der Waals surface area contributed by atoms with Crippen molar-refractivity contribution in [3.05, 3.63) is 11.8 Å². The zero-order valence-corrected chi connectivity index (χ0v) is 10.3. The molecule has 0 unspecified atom stereocenters. The van der Waals surface area contributed by atoms with E-state index in [2.05, 4.69) is 15.5 Å². The van der Waals surface area contributed by atoms with Gasteiger partial charge in [0, 0.05) is 12.0 Å². The van der Waals surface area contributed by atoms with Gasteiger partial charge in [-0.2, -0.15) is 0 Å². The number of rotatable bonds is 4. The molecule has 0 atom stereocenters. The van der Waals surface area contributed by atoms with E-state index in [1.807, 2.05) is 0 Å². The van der Waals surface area contributed by atoms with Crippen LogP contribution in [-0.2, 0) is 6.54 Å². The summed E-state index contributed by atoms with van der Waals surface area (Å²) in [5.41, 5.74) is 0. The summed E-state index contributed by atoms with van der Waals surface area (Å²) in [4.78, 5) is 0. The molecule has 0 amide bonds. The maximum Gasteiger partial charge on any atom is 0.230 e. The average molecular weight is 235 g/mol. The molecule has 17 heavy (non-hydrogen) atoms.